The number of hydrogen-bond acceptors (Lipinski definition) is 2. The van der Waals surface area contributed by atoms with Crippen molar-refractivity contribution in [2.75, 3.05) is 19.6 Å². The third-order valence-electron chi connectivity index (χ3n) is 2.68. The van der Waals surface area contributed by atoms with Gasteiger partial charge in [0.05, 0.1) is 0 Å². The molecule has 1 N–H and O–H groups in total. The highest BCUT2D eigenvalue weighted by molar-refractivity contribution is 4.96. The van der Waals surface area contributed by atoms with E-state index >= 15 is 0 Å². The van der Waals surface area contributed by atoms with Gasteiger partial charge >= 0.3 is 0 Å². The number of nitrogens with one attached hydrogen (secondary N) is 1. The molecule has 1 rings (SSSR count). The normalized spacial score (nSPS) is 29.5. The molecule has 1 aliphatic rings. The molecule has 2 heteroatoms. The zero-order valence-electron chi connectivity index (χ0n) is 8.93. The summed E-state index contributed by atoms with van der Waals surface area (Å²) in [5.74, 6) is 6.07. The van der Waals surface area contributed by atoms with Gasteiger partial charge in [0.15, 0.2) is 0 Å². The Bertz CT molecular complexity index is 192. The second kappa shape index (κ2) is 5.26. The Morgan fingerprint density at radius 2 is 1.92 bits per heavy atom. The van der Waals surface area contributed by atoms with Gasteiger partial charge in [0.1, 0.15) is 0 Å². The fraction of sp³-hybridized carbons (Fsp3) is 0.818. The maximum absolute atomic E-state index is 3.43. The third-order valence-corrected chi connectivity index (χ3v) is 2.68. The van der Waals surface area contributed by atoms with Gasteiger partial charge in [0, 0.05) is 38.1 Å². The maximum Gasteiger partial charge on any atom is 0.0217 e. The lowest BCUT2D eigenvalue weighted by molar-refractivity contribution is 0.120. The first-order valence-corrected chi connectivity index (χ1v) is 5.11. The van der Waals surface area contributed by atoms with Crippen LogP contribution in [0.5, 0.6) is 0 Å². The van der Waals surface area contributed by atoms with Crippen molar-refractivity contribution in [2.45, 2.75) is 39.3 Å². The Kier molecular flexibility index (Phi) is 4.27. The molecule has 0 amide bonds. The minimum absolute atomic E-state index is 0.655. The van der Waals surface area contributed by atoms with Crippen LogP contribution in [-0.4, -0.2) is 36.6 Å². The fourth-order valence-electron chi connectivity index (χ4n) is 1.92. The summed E-state index contributed by atoms with van der Waals surface area (Å²) in [6, 6.07) is 1.31. The van der Waals surface area contributed by atoms with Crippen molar-refractivity contribution >= 4 is 0 Å². The molecule has 0 aromatic rings. The molecule has 13 heavy (non-hydrogen) atoms. The van der Waals surface area contributed by atoms with E-state index in [4.69, 9.17) is 0 Å². The van der Waals surface area contributed by atoms with E-state index in [0.717, 1.165) is 26.1 Å². The molecule has 0 bridgehead atoms. The number of nitrogens with zero attached hydrogens (tertiary/aromatic N) is 1. The van der Waals surface area contributed by atoms with E-state index in [9.17, 15) is 0 Å². The van der Waals surface area contributed by atoms with Crippen molar-refractivity contribution in [2.24, 2.45) is 0 Å². The molecule has 2 nitrogen and oxygen atoms in total. The Morgan fingerprint density at radius 1 is 1.31 bits per heavy atom. The summed E-state index contributed by atoms with van der Waals surface area (Å²) in [5, 5.41) is 3.43. The largest absolute Gasteiger partial charge is 0.314 e. The van der Waals surface area contributed by atoms with Gasteiger partial charge in [0.25, 0.3) is 0 Å². The van der Waals surface area contributed by atoms with Crippen LogP contribution in [0.1, 0.15) is 27.2 Å². The van der Waals surface area contributed by atoms with Gasteiger partial charge in [-0.2, -0.15) is 0 Å². The van der Waals surface area contributed by atoms with Crippen molar-refractivity contribution in [1.29, 1.82) is 0 Å². The first-order valence-electron chi connectivity index (χ1n) is 5.11. The molecular formula is C11H20N2. The second-order valence-corrected chi connectivity index (χ2v) is 3.77. The Balaban J connectivity index is 2.37. The summed E-state index contributed by atoms with van der Waals surface area (Å²) in [6.07, 6.45) is 1.01. The minimum atomic E-state index is 0.655. The first-order chi connectivity index (χ1) is 6.25. The highest BCUT2D eigenvalue weighted by atomic mass is 15.2. The van der Waals surface area contributed by atoms with Crippen LogP contribution in [0.25, 0.3) is 0 Å². The van der Waals surface area contributed by atoms with E-state index in [-0.39, 0.29) is 0 Å². The van der Waals surface area contributed by atoms with Crippen LogP contribution in [0.15, 0.2) is 0 Å². The van der Waals surface area contributed by atoms with Gasteiger partial charge < -0.3 is 5.32 Å². The molecule has 2 unspecified atom stereocenters. The molecule has 1 saturated heterocycles. The molecule has 0 radical (unpaired) electrons. The zero-order valence-corrected chi connectivity index (χ0v) is 8.93. The van der Waals surface area contributed by atoms with Gasteiger partial charge in [0.2, 0.25) is 0 Å². The summed E-state index contributed by atoms with van der Waals surface area (Å²) < 4.78 is 0. The lowest BCUT2D eigenvalue weighted by Gasteiger charge is -2.39. The van der Waals surface area contributed by atoms with Gasteiger partial charge in [-0.1, -0.05) is 0 Å². The van der Waals surface area contributed by atoms with E-state index < -0.39 is 0 Å². The van der Waals surface area contributed by atoms with Crippen molar-refractivity contribution < 1.29 is 0 Å². The predicted octanol–water partition coefficient (Wildman–Crippen LogP) is 1.08. The van der Waals surface area contributed by atoms with Gasteiger partial charge in [-0.25, -0.2) is 0 Å². The SMILES string of the molecule is CC#CCCN1C(C)CNCC1C. The van der Waals surface area contributed by atoms with Crippen molar-refractivity contribution in [3.05, 3.63) is 0 Å². The quantitative estimate of drug-likeness (QED) is 0.640. The highest BCUT2D eigenvalue weighted by Crippen LogP contribution is 2.09. The zero-order chi connectivity index (χ0) is 9.68. The van der Waals surface area contributed by atoms with Gasteiger partial charge in [-0.3, -0.25) is 4.90 Å². The molecule has 1 fully saturated rings. The molecular weight excluding hydrogens is 160 g/mol. The van der Waals surface area contributed by atoms with Crippen LogP contribution in [0, 0.1) is 11.8 Å². The smallest absolute Gasteiger partial charge is 0.0217 e. The molecule has 1 aliphatic heterocycles. The van der Waals surface area contributed by atoms with Crippen LogP contribution < -0.4 is 5.32 Å². The Morgan fingerprint density at radius 3 is 2.46 bits per heavy atom. The van der Waals surface area contributed by atoms with Crippen LogP contribution in [0.4, 0.5) is 0 Å². The van der Waals surface area contributed by atoms with Crippen LogP contribution in [0.2, 0.25) is 0 Å². The highest BCUT2D eigenvalue weighted by Gasteiger charge is 2.22. The van der Waals surface area contributed by atoms with Crippen molar-refractivity contribution in [3.8, 4) is 11.8 Å². The number of piperazine rings is 1. The summed E-state index contributed by atoms with van der Waals surface area (Å²) in [6.45, 7) is 9.81. The minimum Gasteiger partial charge on any atom is -0.314 e. The van der Waals surface area contributed by atoms with Crippen molar-refractivity contribution in [1.82, 2.24) is 10.2 Å². The summed E-state index contributed by atoms with van der Waals surface area (Å²) in [5.41, 5.74) is 0. The molecule has 1 heterocycles. The van der Waals surface area contributed by atoms with E-state index in [1.54, 1.807) is 0 Å². The Hall–Kier alpha value is -0.520. The lowest BCUT2D eigenvalue weighted by atomic mass is 10.1. The van der Waals surface area contributed by atoms with Crippen LogP contribution >= 0.6 is 0 Å². The van der Waals surface area contributed by atoms with Gasteiger partial charge in [-0.15, -0.1) is 11.8 Å². The average Bonchev–Trinajstić information content (AvgIpc) is 2.10. The van der Waals surface area contributed by atoms with E-state index in [1.807, 2.05) is 6.92 Å². The molecule has 74 valence electrons. The second-order valence-electron chi connectivity index (χ2n) is 3.77. The topological polar surface area (TPSA) is 15.3 Å². The monoisotopic (exact) mass is 180 g/mol. The van der Waals surface area contributed by atoms with Gasteiger partial charge in [-0.05, 0) is 20.8 Å². The van der Waals surface area contributed by atoms with Crippen LogP contribution in [0.3, 0.4) is 0 Å². The molecule has 2 atom stereocenters. The van der Waals surface area contributed by atoms with E-state index in [2.05, 4.69) is 35.9 Å². The number of rotatable bonds is 2. The molecule has 0 spiro atoms. The average molecular weight is 180 g/mol. The molecule has 0 aromatic carbocycles. The fourth-order valence-corrected chi connectivity index (χ4v) is 1.92. The summed E-state index contributed by atoms with van der Waals surface area (Å²) >= 11 is 0. The first kappa shape index (κ1) is 10.6. The van der Waals surface area contributed by atoms with Crippen LogP contribution in [-0.2, 0) is 0 Å². The predicted molar refractivity (Wildman–Crippen MR) is 56.6 cm³/mol. The Labute approximate surface area is 81.7 Å². The van der Waals surface area contributed by atoms with E-state index in [0.29, 0.717) is 12.1 Å². The number of hydrogen-bond donors (Lipinski definition) is 1. The summed E-state index contributed by atoms with van der Waals surface area (Å²) in [7, 11) is 0. The third kappa shape index (κ3) is 3.02. The summed E-state index contributed by atoms with van der Waals surface area (Å²) in [4.78, 5) is 2.54. The molecule has 0 saturated carbocycles. The lowest BCUT2D eigenvalue weighted by Crippen LogP contribution is -2.55. The maximum atomic E-state index is 3.43. The van der Waals surface area contributed by atoms with Crippen molar-refractivity contribution in [3.63, 3.8) is 0 Å². The molecule has 0 aromatic heterocycles. The standard InChI is InChI=1S/C11H20N2/c1-4-5-6-7-13-10(2)8-12-9-11(13)3/h10-12H,6-9H2,1-3H3. The molecule has 0 aliphatic carbocycles. The van der Waals surface area contributed by atoms with E-state index in [1.165, 1.54) is 0 Å².